The van der Waals surface area contributed by atoms with Gasteiger partial charge in [0, 0.05) is 12.6 Å². The number of rotatable bonds is 6. The van der Waals surface area contributed by atoms with Crippen molar-refractivity contribution in [1.82, 2.24) is 15.1 Å². The SMILES string of the molecule is CCNCc1ccc(Oc2cnn(C(C)C)c2)c(C)c1. The van der Waals surface area contributed by atoms with Crippen LogP contribution in [0.15, 0.2) is 30.6 Å². The second-order valence-electron chi connectivity index (χ2n) is 5.23. The first-order valence-corrected chi connectivity index (χ1v) is 7.12. The number of aryl methyl sites for hydroxylation is 1. The van der Waals surface area contributed by atoms with Crippen LogP contribution in [0.1, 0.15) is 37.9 Å². The Morgan fingerprint density at radius 3 is 2.75 bits per heavy atom. The smallest absolute Gasteiger partial charge is 0.165 e. The lowest BCUT2D eigenvalue weighted by atomic mass is 10.1. The number of nitrogens with one attached hydrogen (secondary N) is 1. The topological polar surface area (TPSA) is 39.1 Å². The van der Waals surface area contributed by atoms with Crippen LogP contribution in [0.25, 0.3) is 0 Å². The molecule has 1 heterocycles. The number of hydrogen-bond acceptors (Lipinski definition) is 3. The molecule has 108 valence electrons. The van der Waals surface area contributed by atoms with E-state index in [1.165, 1.54) is 5.56 Å². The molecular weight excluding hydrogens is 250 g/mol. The largest absolute Gasteiger partial charge is 0.454 e. The summed E-state index contributed by atoms with van der Waals surface area (Å²) in [4.78, 5) is 0. The molecule has 0 atom stereocenters. The van der Waals surface area contributed by atoms with Gasteiger partial charge in [-0.25, -0.2) is 0 Å². The molecule has 4 nitrogen and oxygen atoms in total. The van der Waals surface area contributed by atoms with Gasteiger partial charge in [-0.2, -0.15) is 5.10 Å². The minimum absolute atomic E-state index is 0.343. The molecule has 2 aromatic rings. The van der Waals surface area contributed by atoms with Gasteiger partial charge in [0.2, 0.25) is 0 Å². The van der Waals surface area contributed by atoms with E-state index >= 15 is 0 Å². The molecular formula is C16H23N3O. The molecule has 0 aliphatic rings. The van der Waals surface area contributed by atoms with Crippen molar-refractivity contribution in [3.05, 3.63) is 41.7 Å². The highest BCUT2D eigenvalue weighted by Crippen LogP contribution is 2.26. The summed E-state index contributed by atoms with van der Waals surface area (Å²) in [7, 11) is 0. The Kier molecular flexibility index (Phi) is 4.79. The normalized spacial score (nSPS) is 11.1. The zero-order chi connectivity index (χ0) is 14.5. The fraction of sp³-hybridized carbons (Fsp3) is 0.438. The van der Waals surface area contributed by atoms with E-state index in [9.17, 15) is 0 Å². The molecule has 0 bridgehead atoms. The summed E-state index contributed by atoms with van der Waals surface area (Å²) in [6.07, 6.45) is 3.68. The van der Waals surface area contributed by atoms with Gasteiger partial charge in [0.25, 0.3) is 0 Å². The molecule has 4 heteroatoms. The third-order valence-electron chi connectivity index (χ3n) is 3.15. The average molecular weight is 273 g/mol. The molecule has 0 unspecified atom stereocenters. The lowest BCUT2D eigenvalue weighted by molar-refractivity contribution is 0.473. The summed E-state index contributed by atoms with van der Waals surface area (Å²) in [5.41, 5.74) is 2.41. The number of ether oxygens (including phenoxy) is 1. The summed E-state index contributed by atoms with van der Waals surface area (Å²) < 4.78 is 7.79. The average Bonchev–Trinajstić information content (AvgIpc) is 2.88. The molecule has 0 aliphatic heterocycles. The molecule has 0 saturated carbocycles. The van der Waals surface area contributed by atoms with E-state index in [1.807, 2.05) is 16.9 Å². The molecule has 1 aromatic carbocycles. The number of hydrogen-bond donors (Lipinski definition) is 1. The highest BCUT2D eigenvalue weighted by molar-refractivity contribution is 5.38. The molecule has 0 spiro atoms. The van der Waals surface area contributed by atoms with Crippen molar-refractivity contribution < 1.29 is 4.74 Å². The van der Waals surface area contributed by atoms with Gasteiger partial charge in [-0.3, -0.25) is 4.68 Å². The maximum absolute atomic E-state index is 5.90. The number of nitrogens with zero attached hydrogens (tertiary/aromatic N) is 2. The summed E-state index contributed by atoms with van der Waals surface area (Å²) >= 11 is 0. The highest BCUT2D eigenvalue weighted by Gasteiger charge is 2.06. The van der Waals surface area contributed by atoms with Crippen molar-refractivity contribution in [2.24, 2.45) is 0 Å². The lowest BCUT2D eigenvalue weighted by Gasteiger charge is -2.09. The first-order chi connectivity index (χ1) is 9.60. The van der Waals surface area contributed by atoms with Crippen LogP contribution in [-0.4, -0.2) is 16.3 Å². The van der Waals surface area contributed by atoms with Crippen LogP contribution in [0.4, 0.5) is 0 Å². The maximum Gasteiger partial charge on any atom is 0.165 e. The van der Waals surface area contributed by atoms with Gasteiger partial charge < -0.3 is 10.1 Å². The van der Waals surface area contributed by atoms with Crippen LogP contribution in [0, 0.1) is 6.92 Å². The number of benzene rings is 1. The molecule has 0 amide bonds. The Labute approximate surface area is 120 Å². The molecule has 0 saturated heterocycles. The fourth-order valence-electron chi connectivity index (χ4n) is 1.99. The van der Waals surface area contributed by atoms with E-state index in [1.54, 1.807) is 6.20 Å². The van der Waals surface area contributed by atoms with Crippen molar-refractivity contribution in [2.45, 2.75) is 40.3 Å². The van der Waals surface area contributed by atoms with E-state index in [0.29, 0.717) is 6.04 Å². The molecule has 20 heavy (non-hydrogen) atoms. The Hall–Kier alpha value is -1.81. The van der Waals surface area contributed by atoms with Gasteiger partial charge in [-0.15, -0.1) is 0 Å². The lowest BCUT2D eigenvalue weighted by Crippen LogP contribution is -2.11. The second-order valence-corrected chi connectivity index (χ2v) is 5.23. The zero-order valence-corrected chi connectivity index (χ0v) is 12.7. The molecule has 0 fully saturated rings. The van der Waals surface area contributed by atoms with Crippen LogP contribution in [0.3, 0.4) is 0 Å². The van der Waals surface area contributed by atoms with Gasteiger partial charge in [0.05, 0.1) is 12.4 Å². The predicted molar refractivity (Wildman–Crippen MR) is 81.2 cm³/mol. The van der Waals surface area contributed by atoms with Crippen molar-refractivity contribution in [1.29, 1.82) is 0 Å². The predicted octanol–water partition coefficient (Wildman–Crippen LogP) is 3.67. The first kappa shape index (κ1) is 14.6. The van der Waals surface area contributed by atoms with E-state index in [4.69, 9.17) is 4.74 Å². The summed E-state index contributed by atoms with van der Waals surface area (Å²) in [5.74, 6) is 1.66. The monoisotopic (exact) mass is 273 g/mol. The number of aromatic nitrogens is 2. The Balaban J connectivity index is 2.08. The van der Waals surface area contributed by atoms with Crippen molar-refractivity contribution >= 4 is 0 Å². The molecule has 0 radical (unpaired) electrons. The summed E-state index contributed by atoms with van der Waals surface area (Å²) in [5, 5.41) is 7.60. The summed E-state index contributed by atoms with van der Waals surface area (Å²) in [6, 6.07) is 6.62. The Morgan fingerprint density at radius 1 is 1.35 bits per heavy atom. The van der Waals surface area contributed by atoms with Crippen molar-refractivity contribution in [2.75, 3.05) is 6.54 Å². The van der Waals surface area contributed by atoms with Crippen LogP contribution < -0.4 is 10.1 Å². The third-order valence-corrected chi connectivity index (χ3v) is 3.15. The van der Waals surface area contributed by atoms with Gasteiger partial charge in [0.1, 0.15) is 5.75 Å². The first-order valence-electron chi connectivity index (χ1n) is 7.12. The molecule has 1 N–H and O–H groups in total. The van der Waals surface area contributed by atoms with Crippen LogP contribution >= 0.6 is 0 Å². The van der Waals surface area contributed by atoms with Crippen LogP contribution in [0.2, 0.25) is 0 Å². The molecule has 2 rings (SSSR count). The van der Waals surface area contributed by atoms with Crippen LogP contribution in [0.5, 0.6) is 11.5 Å². The van der Waals surface area contributed by atoms with Crippen LogP contribution in [-0.2, 0) is 6.54 Å². The zero-order valence-electron chi connectivity index (χ0n) is 12.7. The summed E-state index contributed by atoms with van der Waals surface area (Å²) in [6.45, 7) is 10.2. The maximum atomic E-state index is 5.90. The van der Waals surface area contributed by atoms with Crippen molar-refractivity contribution in [3.63, 3.8) is 0 Å². The minimum atomic E-state index is 0.343. The van der Waals surface area contributed by atoms with Gasteiger partial charge in [-0.05, 0) is 44.5 Å². The van der Waals surface area contributed by atoms with E-state index in [-0.39, 0.29) is 0 Å². The Morgan fingerprint density at radius 2 is 2.15 bits per heavy atom. The minimum Gasteiger partial charge on any atom is -0.454 e. The van der Waals surface area contributed by atoms with Gasteiger partial charge >= 0.3 is 0 Å². The molecule has 0 aliphatic carbocycles. The van der Waals surface area contributed by atoms with E-state index < -0.39 is 0 Å². The van der Waals surface area contributed by atoms with E-state index in [2.05, 4.69) is 50.2 Å². The van der Waals surface area contributed by atoms with Gasteiger partial charge in [-0.1, -0.05) is 19.1 Å². The standard InChI is InChI=1S/C16H23N3O/c1-5-17-9-14-6-7-16(13(4)8-14)20-15-10-18-19(11-15)12(2)3/h6-8,10-12,17H,5,9H2,1-4H3. The second kappa shape index (κ2) is 6.57. The van der Waals surface area contributed by atoms with E-state index in [0.717, 1.165) is 30.2 Å². The quantitative estimate of drug-likeness (QED) is 0.872. The molecule has 1 aromatic heterocycles. The fourth-order valence-corrected chi connectivity index (χ4v) is 1.99. The third kappa shape index (κ3) is 3.61. The van der Waals surface area contributed by atoms with Gasteiger partial charge in [0.15, 0.2) is 5.75 Å². The van der Waals surface area contributed by atoms with Crippen molar-refractivity contribution in [3.8, 4) is 11.5 Å². The Bertz CT molecular complexity index is 561. The highest BCUT2D eigenvalue weighted by atomic mass is 16.5.